The van der Waals surface area contributed by atoms with E-state index in [0.717, 1.165) is 34.9 Å². The molecule has 2 N–H and O–H groups in total. The molecule has 1 aromatic rings. The van der Waals surface area contributed by atoms with Crippen LogP contribution in [0.2, 0.25) is 0 Å². The Bertz CT molecular complexity index is 447. The first kappa shape index (κ1) is 13.6. The number of carbonyl (C=O) groups excluding carboxylic acids is 1. The highest BCUT2D eigenvalue weighted by Gasteiger charge is 2.31. The van der Waals surface area contributed by atoms with Gasteiger partial charge in [0.25, 0.3) is 0 Å². The van der Waals surface area contributed by atoms with Gasteiger partial charge in [0.15, 0.2) is 0 Å². The van der Waals surface area contributed by atoms with Gasteiger partial charge >= 0.3 is 0 Å². The number of amides is 1. The Labute approximate surface area is 116 Å². The minimum absolute atomic E-state index is 0.0256. The fourth-order valence-electron chi connectivity index (χ4n) is 2.42. The zero-order chi connectivity index (χ0) is 13.1. The first-order chi connectivity index (χ1) is 8.58. The summed E-state index contributed by atoms with van der Waals surface area (Å²) in [4.78, 5) is 11.9. The minimum atomic E-state index is -0.462. The normalized spacial score (nSPS) is 23.1. The van der Waals surface area contributed by atoms with Crippen molar-refractivity contribution in [2.75, 3.05) is 0 Å². The number of hydrogen-bond acceptors (Lipinski definition) is 2. The molecule has 4 heteroatoms. The number of aryl methyl sites for hydroxylation is 1. The van der Waals surface area contributed by atoms with Crippen molar-refractivity contribution < 1.29 is 9.90 Å². The summed E-state index contributed by atoms with van der Waals surface area (Å²) in [6, 6.07) is 6.01. The van der Waals surface area contributed by atoms with Gasteiger partial charge in [-0.2, -0.15) is 0 Å². The van der Waals surface area contributed by atoms with Gasteiger partial charge in [-0.3, -0.25) is 4.79 Å². The van der Waals surface area contributed by atoms with Gasteiger partial charge in [0.05, 0.1) is 12.0 Å². The van der Waals surface area contributed by atoms with Crippen molar-refractivity contribution in [2.45, 2.75) is 38.8 Å². The molecule has 0 heterocycles. The lowest BCUT2D eigenvalue weighted by Crippen LogP contribution is -2.34. The third kappa shape index (κ3) is 3.12. The first-order valence-electron chi connectivity index (χ1n) is 6.28. The van der Waals surface area contributed by atoms with Gasteiger partial charge in [-0.05, 0) is 49.4 Å². The van der Waals surface area contributed by atoms with E-state index in [1.54, 1.807) is 0 Å². The Morgan fingerprint density at radius 3 is 2.89 bits per heavy atom. The maximum atomic E-state index is 11.9. The number of benzene rings is 1. The Kier molecular flexibility index (Phi) is 4.40. The van der Waals surface area contributed by atoms with Crippen molar-refractivity contribution in [3.05, 3.63) is 33.8 Å². The molecule has 98 valence electrons. The first-order valence-corrected chi connectivity index (χ1v) is 7.08. The quantitative estimate of drug-likeness (QED) is 0.901. The van der Waals surface area contributed by atoms with Crippen LogP contribution in [-0.4, -0.2) is 17.1 Å². The van der Waals surface area contributed by atoms with Gasteiger partial charge in [-0.25, -0.2) is 0 Å². The van der Waals surface area contributed by atoms with Crippen molar-refractivity contribution in [1.82, 2.24) is 5.32 Å². The third-order valence-electron chi connectivity index (χ3n) is 3.57. The molecule has 2 atom stereocenters. The molecule has 1 amide bonds. The molecule has 0 aliphatic heterocycles. The Morgan fingerprint density at radius 1 is 1.50 bits per heavy atom. The van der Waals surface area contributed by atoms with E-state index in [1.165, 1.54) is 0 Å². The average molecular weight is 312 g/mol. The van der Waals surface area contributed by atoms with E-state index in [9.17, 15) is 9.90 Å². The largest absolute Gasteiger partial charge is 0.392 e. The van der Waals surface area contributed by atoms with Gasteiger partial charge in [0.2, 0.25) is 5.91 Å². The maximum Gasteiger partial charge on any atom is 0.225 e. The molecule has 0 spiro atoms. The van der Waals surface area contributed by atoms with Crippen LogP contribution in [0.3, 0.4) is 0 Å². The van der Waals surface area contributed by atoms with E-state index in [-0.39, 0.29) is 11.8 Å². The predicted molar refractivity (Wildman–Crippen MR) is 74.1 cm³/mol. The van der Waals surface area contributed by atoms with Gasteiger partial charge < -0.3 is 10.4 Å². The van der Waals surface area contributed by atoms with Crippen LogP contribution in [0.25, 0.3) is 0 Å². The summed E-state index contributed by atoms with van der Waals surface area (Å²) in [5.74, 6) is -0.247. The molecule has 1 aliphatic rings. The summed E-state index contributed by atoms with van der Waals surface area (Å²) in [7, 11) is 0. The van der Waals surface area contributed by atoms with Gasteiger partial charge in [0, 0.05) is 11.0 Å². The Hall–Kier alpha value is -0.870. The van der Waals surface area contributed by atoms with Crippen molar-refractivity contribution in [2.24, 2.45) is 5.92 Å². The van der Waals surface area contributed by atoms with Crippen LogP contribution in [0.4, 0.5) is 0 Å². The number of nitrogens with one attached hydrogen (secondary N) is 1. The molecule has 2 unspecified atom stereocenters. The van der Waals surface area contributed by atoms with Gasteiger partial charge in [0.1, 0.15) is 0 Å². The number of hydrogen-bond donors (Lipinski definition) is 2. The Balaban J connectivity index is 1.93. The van der Waals surface area contributed by atoms with Gasteiger partial charge in [-0.1, -0.05) is 22.0 Å². The molecule has 1 aromatic carbocycles. The topological polar surface area (TPSA) is 49.3 Å². The van der Waals surface area contributed by atoms with E-state index in [0.29, 0.717) is 6.54 Å². The molecule has 3 nitrogen and oxygen atoms in total. The number of rotatable bonds is 3. The summed E-state index contributed by atoms with van der Waals surface area (Å²) in [5.41, 5.74) is 2.26. The molecule has 0 bridgehead atoms. The summed E-state index contributed by atoms with van der Waals surface area (Å²) >= 11 is 3.42. The predicted octanol–water partition coefficient (Wildman–Crippen LogP) is 2.53. The summed E-state index contributed by atoms with van der Waals surface area (Å²) in [6.07, 6.45) is 2.02. The van der Waals surface area contributed by atoms with Crippen molar-refractivity contribution in [3.63, 3.8) is 0 Å². The Morgan fingerprint density at radius 2 is 2.28 bits per heavy atom. The molecular formula is C14H18BrNO2. The zero-order valence-electron chi connectivity index (χ0n) is 10.4. The molecule has 1 aliphatic carbocycles. The van der Waals surface area contributed by atoms with Crippen molar-refractivity contribution in [3.8, 4) is 0 Å². The number of aliphatic hydroxyl groups excluding tert-OH is 1. The van der Waals surface area contributed by atoms with Crippen LogP contribution in [-0.2, 0) is 11.3 Å². The minimum Gasteiger partial charge on any atom is -0.392 e. The number of aliphatic hydroxyl groups is 1. The molecule has 0 saturated heterocycles. The molecular weight excluding hydrogens is 294 g/mol. The maximum absolute atomic E-state index is 11.9. The van der Waals surface area contributed by atoms with Crippen LogP contribution in [0.15, 0.2) is 22.7 Å². The zero-order valence-corrected chi connectivity index (χ0v) is 12.0. The second kappa shape index (κ2) is 5.85. The van der Waals surface area contributed by atoms with E-state index >= 15 is 0 Å². The standard InChI is InChI=1S/C14H18BrNO2/c1-9-7-11(15)6-5-10(9)8-16-14(18)12-3-2-4-13(12)17/h5-7,12-13,17H,2-4,8H2,1H3,(H,16,18). The van der Waals surface area contributed by atoms with Crippen LogP contribution in [0.5, 0.6) is 0 Å². The van der Waals surface area contributed by atoms with Crippen LogP contribution < -0.4 is 5.32 Å². The average Bonchev–Trinajstić information content (AvgIpc) is 2.74. The molecule has 1 fully saturated rings. The lowest BCUT2D eigenvalue weighted by Gasteiger charge is -2.15. The second-order valence-corrected chi connectivity index (χ2v) is 5.81. The van der Waals surface area contributed by atoms with Crippen LogP contribution in [0.1, 0.15) is 30.4 Å². The smallest absolute Gasteiger partial charge is 0.225 e. The van der Waals surface area contributed by atoms with E-state index in [4.69, 9.17) is 0 Å². The molecule has 18 heavy (non-hydrogen) atoms. The highest BCUT2D eigenvalue weighted by molar-refractivity contribution is 9.10. The van der Waals surface area contributed by atoms with E-state index in [2.05, 4.69) is 21.2 Å². The SMILES string of the molecule is Cc1cc(Br)ccc1CNC(=O)C1CCCC1O. The van der Waals surface area contributed by atoms with E-state index in [1.807, 2.05) is 25.1 Å². The molecule has 0 radical (unpaired) electrons. The lowest BCUT2D eigenvalue weighted by atomic mass is 10.0. The van der Waals surface area contributed by atoms with Crippen LogP contribution >= 0.6 is 15.9 Å². The lowest BCUT2D eigenvalue weighted by molar-refractivity contribution is -0.127. The fourth-order valence-corrected chi connectivity index (χ4v) is 2.89. The molecule has 0 aromatic heterocycles. The summed E-state index contributed by atoms with van der Waals surface area (Å²) in [5, 5.41) is 12.6. The third-order valence-corrected chi connectivity index (χ3v) is 4.07. The van der Waals surface area contributed by atoms with E-state index < -0.39 is 6.10 Å². The summed E-state index contributed by atoms with van der Waals surface area (Å²) in [6.45, 7) is 2.55. The van der Waals surface area contributed by atoms with Crippen LogP contribution in [0, 0.1) is 12.8 Å². The molecule has 2 rings (SSSR count). The monoisotopic (exact) mass is 311 g/mol. The second-order valence-electron chi connectivity index (χ2n) is 4.89. The van der Waals surface area contributed by atoms with Gasteiger partial charge in [-0.15, -0.1) is 0 Å². The number of halogens is 1. The number of carbonyl (C=O) groups is 1. The fraction of sp³-hybridized carbons (Fsp3) is 0.500. The molecule has 1 saturated carbocycles. The summed E-state index contributed by atoms with van der Waals surface area (Å²) < 4.78 is 1.04. The van der Waals surface area contributed by atoms with Crippen molar-refractivity contribution in [1.29, 1.82) is 0 Å². The van der Waals surface area contributed by atoms with Crippen molar-refractivity contribution >= 4 is 21.8 Å². The highest BCUT2D eigenvalue weighted by Crippen LogP contribution is 2.25. The highest BCUT2D eigenvalue weighted by atomic mass is 79.9.